The molecule has 8 aromatic carbocycles. The minimum Gasteiger partial charge on any atom is -0.386 e. The quantitative estimate of drug-likeness (QED) is 0.0657. The number of nitrogens with zero attached hydrogens (tertiary/aromatic N) is 1. The van der Waals surface area contributed by atoms with E-state index in [-0.39, 0.29) is 11.8 Å². The second kappa shape index (κ2) is 7.82. The lowest BCUT2D eigenvalue weighted by atomic mass is 9.83. The predicted octanol–water partition coefficient (Wildman–Crippen LogP) is 8.15. The molecule has 0 N–H and O–H groups in total. The van der Waals surface area contributed by atoms with Gasteiger partial charge in [0.05, 0.1) is 16.8 Å². The van der Waals surface area contributed by atoms with Gasteiger partial charge in [-0.25, -0.2) is 14.5 Å². The van der Waals surface area contributed by atoms with Gasteiger partial charge in [0.25, 0.3) is 11.8 Å². The van der Waals surface area contributed by atoms with Crippen molar-refractivity contribution in [1.82, 2.24) is 0 Å². The number of hydrogen-bond donors (Lipinski definition) is 0. The van der Waals surface area contributed by atoms with Gasteiger partial charge in [-0.3, -0.25) is 9.59 Å². The molecule has 0 spiro atoms. The molecule has 2 aliphatic heterocycles. The Bertz CT molecular complexity index is 2600. The van der Waals surface area contributed by atoms with E-state index < -0.39 is 11.9 Å². The van der Waals surface area contributed by atoms with Crippen LogP contribution in [-0.4, -0.2) is 23.8 Å². The molecule has 6 nitrogen and oxygen atoms in total. The second-order valence-corrected chi connectivity index (χ2v) is 11.5. The van der Waals surface area contributed by atoms with Gasteiger partial charge < -0.3 is 4.74 Å². The fourth-order valence-corrected chi connectivity index (χ4v) is 7.48. The summed E-state index contributed by atoms with van der Waals surface area (Å²) < 4.78 is 4.98. The summed E-state index contributed by atoms with van der Waals surface area (Å²) in [6.45, 7) is 0. The average Bonchev–Trinajstić information content (AvgIpc) is 3.04. The third kappa shape index (κ3) is 2.71. The molecule has 2 amide bonds. The topological polar surface area (TPSA) is 80.8 Å². The number of carbonyl (C=O) groups excluding carboxylic acids is 4. The molecular weight excluding hydrogens is 550 g/mol. The van der Waals surface area contributed by atoms with Gasteiger partial charge in [-0.05, 0) is 90.9 Å². The largest absolute Gasteiger partial charge is 0.386 e. The predicted molar refractivity (Wildman–Crippen MR) is 170 cm³/mol. The number of imide groups is 1. The first-order valence-electron chi connectivity index (χ1n) is 14.3. The highest BCUT2D eigenvalue weighted by molar-refractivity contribution is 6.44. The zero-order valence-electron chi connectivity index (χ0n) is 22.8. The van der Waals surface area contributed by atoms with E-state index >= 15 is 0 Å². The first-order chi connectivity index (χ1) is 21.5. The number of ether oxygens (including phenoxy) is 1. The molecule has 204 valence electrons. The van der Waals surface area contributed by atoms with Gasteiger partial charge >= 0.3 is 11.9 Å². The summed E-state index contributed by atoms with van der Waals surface area (Å²) in [6.07, 6.45) is 0. The summed E-state index contributed by atoms with van der Waals surface area (Å²) in [4.78, 5) is 55.2. The van der Waals surface area contributed by atoms with E-state index in [0.717, 1.165) is 53.9 Å². The van der Waals surface area contributed by atoms with Crippen LogP contribution in [0.2, 0.25) is 0 Å². The number of carbonyl (C=O) groups is 4. The van der Waals surface area contributed by atoms with Crippen molar-refractivity contribution in [3.05, 3.63) is 125 Å². The average molecular weight is 568 g/mol. The normalized spacial score (nSPS) is 14.7. The molecule has 8 aromatic rings. The Kier molecular flexibility index (Phi) is 4.16. The van der Waals surface area contributed by atoms with Gasteiger partial charge in [0, 0.05) is 27.3 Å². The van der Waals surface area contributed by atoms with Gasteiger partial charge in [-0.1, -0.05) is 60.7 Å². The summed E-state index contributed by atoms with van der Waals surface area (Å²) in [7, 11) is 0. The van der Waals surface area contributed by atoms with Gasteiger partial charge in [0.2, 0.25) is 0 Å². The molecule has 0 saturated heterocycles. The van der Waals surface area contributed by atoms with Crippen LogP contribution in [-0.2, 0) is 4.74 Å². The van der Waals surface area contributed by atoms with Gasteiger partial charge in [-0.2, -0.15) is 0 Å². The van der Waals surface area contributed by atoms with Crippen LogP contribution >= 0.6 is 0 Å². The van der Waals surface area contributed by atoms with Crippen LogP contribution in [0, 0.1) is 0 Å². The summed E-state index contributed by atoms with van der Waals surface area (Å²) in [6, 6.07) is 32.3. The maximum Gasteiger partial charge on any atom is 0.346 e. The maximum atomic E-state index is 14.3. The molecule has 2 aliphatic rings. The van der Waals surface area contributed by atoms with Crippen LogP contribution in [0.1, 0.15) is 41.4 Å². The van der Waals surface area contributed by atoms with Gasteiger partial charge in [0.1, 0.15) is 0 Å². The molecular formula is C38H17NO5. The van der Waals surface area contributed by atoms with E-state index in [1.54, 1.807) is 24.3 Å². The monoisotopic (exact) mass is 567 g/mol. The number of benzene rings is 8. The summed E-state index contributed by atoms with van der Waals surface area (Å²) in [5.41, 5.74) is 2.14. The maximum absolute atomic E-state index is 14.3. The molecule has 0 atom stereocenters. The van der Waals surface area contributed by atoms with Crippen molar-refractivity contribution in [2.45, 2.75) is 0 Å². The Hall–Kier alpha value is -6.14. The molecule has 6 heteroatoms. The van der Waals surface area contributed by atoms with Crippen LogP contribution in [0.4, 0.5) is 5.69 Å². The standard InChI is InChI=1S/C38H17NO5/c40-35-25-12-8-21-23-10-14-27-34-28(38(43)44-37(27)42)15-11-24(32(23)34)22-9-13-26(33(25)31(21)22)36(41)39(35)30-7-3-6-20-16-18-4-1-2-5-19(18)17-29(20)30/h1-17H. The van der Waals surface area contributed by atoms with E-state index in [9.17, 15) is 19.2 Å². The van der Waals surface area contributed by atoms with Crippen LogP contribution in [0.3, 0.4) is 0 Å². The Morgan fingerprint density at radius 1 is 0.409 bits per heavy atom. The lowest BCUT2D eigenvalue weighted by Gasteiger charge is -2.29. The van der Waals surface area contributed by atoms with E-state index in [4.69, 9.17) is 4.74 Å². The molecule has 44 heavy (non-hydrogen) atoms. The van der Waals surface area contributed by atoms with Crippen LogP contribution in [0.15, 0.2) is 103 Å². The van der Waals surface area contributed by atoms with Crippen molar-refractivity contribution in [3.63, 3.8) is 0 Å². The summed E-state index contributed by atoms with van der Waals surface area (Å²) in [5.74, 6) is -2.09. The Morgan fingerprint density at radius 2 is 0.886 bits per heavy atom. The molecule has 0 unspecified atom stereocenters. The number of amides is 2. The van der Waals surface area contributed by atoms with Gasteiger partial charge in [-0.15, -0.1) is 0 Å². The zero-order chi connectivity index (χ0) is 29.4. The number of rotatable bonds is 1. The Morgan fingerprint density at radius 3 is 1.45 bits per heavy atom. The molecule has 0 fully saturated rings. The molecule has 2 heterocycles. The fraction of sp³-hybridized carbons (Fsp3) is 0. The Balaban J connectivity index is 1.27. The van der Waals surface area contributed by atoms with Crippen molar-refractivity contribution < 1.29 is 23.9 Å². The highest BCUT2D eigenvalue weighted by Gasteiger charge is 2.37. The summed E-state index contributed by atoms with van der Waals surface area (Å²) >= 11 is 0. The molecule has 0 aromatic heterocycles. The second-order valence-electron chi connectivity index (χ2n) is 11.5. The van der Waals surface area contributed by atoms with E-state index in [1.165, 1.54) is 4.90 Å². The number of cyclic esters (lactones) is 2. The Labute approximate surface area is 248 Å². The molecule has 10 rings (SSSR count). The fourth-order valence-electron chi connectivity index (χ4n) is 7.48. The zero-order valence-corrected chi connectivity index (χ0v) is 22.8. The van der Waals surface area contributed by atoms with E-state index in [1.807, 2.05) is 72.8 Å². The van der Waals surface area contributed by atoms with Crippen LogP contribution < -0.4 is 4.90 Å². The number of fused-ring (bicyclic) bond motifs is 4. The number of hydrogen-bond acceptors (Lipinski definition) is 5. The number of anilines is 1. The van der Waals surface area contributed by atoms with E-state index in [2.05, 4.69) is 6.07 Å². The van der Waals surface area contributed by atoms with Crippen LogP contribution in [0.25, 0.3) is 64.6 Å². The molecule has 0 radical (unpaired) electrons. The lowest BCUT2D eigenvalue weighted by Crippen LogP contribution is -2.40. The third-order valence-electron chi connectivity index (χ3n) is 9.36. The van der Waals surface area contributed by atoms with Crippen molar-refractivity contribution in [3.8, 4) is 0 Å². The number of esters is 2. The van der Waals surface area contributed by atoms with E-state index in [0.29, 0.717) is 38.7 Å². The van der Waals surface area contributed by atoms with Crippen LogP contribution in [0.5, 0.6) is 0 Å². The van der Waals surface area contributed by atoms with Gasteiger partial charge in [0.15, 0.2) is 0 Å². The minimum atomic E-state index is -0.667. The third-order valence-corrected chi connectivity index (χ3v) is 9.36. The van der Waals surface area contributed by atoms with Crippen molar-refractivity contribution in [1.29, 1.82) is 0 Å². The molecule has 0 aliphatic carbocycles. The SMILES string of the molecule is O=C1OC(=O)c2ccc3c4ccc5c6c(ccc(c7ccc1c2c73)c64)C(=O)N(c1cccc2cc3ccccc3cc12)C5=O. The van der Waals surface area contributed by atoms with Crippen molar-refractivity contribution >= 4 is 94.1 Å². The van der Waals surface area contributed by atoms with Crippen molar-refractivity contribution in [2.75, 3.05) is 4.90 Å². The molecule has 0 saturated carbocycles. The summed E-state index contributed by atoms with van der Waals surface area (Å²) in [5, 5.41) is 10.0. The highest BCUT2D eigenvalue weighted by atomic mass is 16.6. The van der Waals surface area contributed by atoms with Crippen molar-refractivity contribution in [2.24, 2.45) is 0 Å². The smallest absolute Gasteiger partial charge is 0.346 e. The first-order valence-corrected chi connectivity index (χ1v) is 14.3. The minimum absolute atomic E-state index is 0.345. The highest BCUT2D eigenvalue weighted by Crippen LogP contribution is 2.46. The first kappa shape index (κ1) is 23.4. The lowest BCUT2D eigenvalue weighted by molar-refractivity contribution is 0.0390. The molecule has 0 bridgehead atoms.